The van der Waals surface area contributed by atoms with Crippen molar-refractivity contribution in [2.45, 2.75) is 26.7 Å². The Morgan fingerprint density at radius 1 is 1.64 bits per heavy atom. The van der Waals surface area contributed by atoms with Crippen LogP contribution in [0, 0.1) is 0 Å². The third-order valence-corrected chi connectivity index (χ3v) is 1.74. The van der Waals surface area contributed by atoms with E-state index in [-0.39, 0.29) is 11.5 Å². The highest BCUT2D eigenvalue weighted by atomic mass is 16.4. The van der Waals surface area contributed by atoms with Gasteiger partial charge in [-0.05, 0) is 13.0 Å². The smallest absolute Gasteiger partial charge is 0.331 e. The predicted octanol–water partition coefficient (Wildman–Crippen LogP) is 2.29. The molecule has 0 aliphatic rings. The van der Waals surface area contributed by atoms with E-state index in [1.54, 1.807) is 0 Å². The molecule has 76 valence electrons. The molecule has 1 aromatic heterocycles. The number of oxazole rings is 1. The van der Waals surface area contributed by atoms with Gasteiger partial charge in [-0.3, -0.25) is 0 Å². The Morgan fingerprint density at radius 3 is 2.71 bits per heavy atom. The molecule has 0 saturated carbocycles. The third-order valence-electron chi connectivity index (χ3n) is 1.74. The molecule has 0 amide bonds. The molecule has 0 atom stereocenters. The summed E-state index contributed by atoms with van der Waals surface area (Å²) in [4.78, 5) is 14.6. The summed E-state index contributed by atoms with van der Waals surface area (Å²) in [5.74, 6) is -0.115. The molecule has 1 N–H and O–H groups in total. The van der Waals surface area contributed by atoms with Crippen LogP contribution in [0.3, 0.4) is 0 Å². The first-order valence-electron chi connectivity index (χ1n) is 4.37. The van der Waals surface area contributed by atoms with Crippen molar-refractivity contribution in [3.63, 3.8) is 0 Å². The van der Waals surface area contributed by atoms with Crippen LogP contribution >= 0.6 is 0 Å². The summed E-state index contributed by atoms with van der Waals surface area (Å²) in [6.07, 6.45) is 2.94. The molecular formula is C10H13NO3. The van der Waals surface area contributed by atoms with Crippen LogP contribution in [0.15, 0.2) is 16.3 Å². The van der Waals surface area contributed by atoms with Crippen LogP contribution in [0.5, 0.6) is 0 Å². The Balaban J connectivity index is 2.88. The van der Waals surface area contributed by atoms with Crippen molar-refractivity contribution < 1.29 is 14.3 Å². The molecule has 14 heavy (non-hydrogen) atoms. The van der Waals surface area contributed by atoms with E-state index < -0.39 is 5.97 Å². The maximum absolute atomic E-state index is 10.5. The molecule has 1 heterocycles. The average molecular weight is 195 g/mol. The van der Waals surface area contributed by atoms with E-state index in [2.05, 4.69) is 4.98 Å². The fourth-order valence-electron chi connectivity index (χ4n) is 0.916. The van der Waals surface area contributed by atoms with Crippen molar-refractivity contribution >= 4 is 12.0 Å². The molecule has 4 heteroatoms. The fourth-order valence-corrected chi connectivity index (χ4v) is 0.916. The first kappa shape index (κ1) is 10.5. The van der Waals surface area contributed by atoms with Crippen molar-refractivity contribution in [2.24, 2.45) is 0 Å². The van der Waals surface area contributed by atoms with E-state index in [9.17, 15) is 4.79 Å². The van der Waals surface area contributed by atoms with Crippen LogP contribution in [0.25, 0.3) is 6.08 Å². The molecule has 0 bridgehead atoms. The number of carbonyl (C=O) groups is 1. The summed E-state index contributed by atoms with van der Waals surface area (Å²) < 4.78 is 5.16. The first-order valence-corrected chi connectivity index (χ1v) is 4.37. The van der Waals surface area contributed by atoms with Gasteiger partial charge in [0.2, 0.25) is 0 Å². The minimum absolute atomic E-state index is 0.210. The summed E-state index contributed by atoms with van der Waals surface area (Å²) in [5, 5.41) is 8.63. The van der Waals surface area contributed by atoms with Gasteiger partial charge in [-0.15, -0.1) is 0 Å². The Labute approximate surface area is 82.3 Å². The van der Waals surface area contributed by atoms with Gasteiger partial charge in [-0.1, -0.05) is 13.8 Å². The van der Waals surface area contributed by atoms with E-state index in [1.807, 2.05) is 13.8 Å². The number of aliphatic carboxylic acids is 1. The molecule has 0 aromatic carbocycles. The van der Waals surface area contributed by atoms with Crippen molar-refractivity contribution in [2.75, 3.05) is 0 Å². The second-order valence-corrected chi connectivity index (χ2v) is 3.40. The maximum atomic E-state index is 10.5. The van der Waals surface area contributed by atoms with Crippen LogP contribution in [0.4, 0.5) is 0 Å². The van der Waals surface area contributed by atoms with Crippen LogP contribution in [0.1, 0.15) is 38.3 Å². The zero-order valence-corrected chi connectivity index (χ0v) is 8.44. The van der Waals surface area contributed by atoms with Gasteiger partial charge in [0.05, 0.1) is 0 Å². The number of carboxylic acid groups (broad SMARTS) is 1. The topological polar surface area (TPSA) is 63.3 Å². The molecule has 0 radical (unpaired) electrons. The van der Waals surface area contributed by atoms with E-state index in [0.29, 0.717) is 11.6 Å². The predicted molar refractivity (Wildman–Crippen MR) is 51.9 cm³/mol. The summed E-state index contributed by atoms with van der Waals surface area (Å²) >= 11 is 0. The summed E-state index contributed by atoms with van der Waals surface area (Å²) in [6.45, 7) is 5.44. The molecule has 0 aliphatic carbocycles. The SMILES string of the molecule is C/C(=C\c1coc(C(C)C)n1)C(=O)O. The van der Waals surface area contributed by atoms with E-state index in [4.69, 9.17) is 9.52 Å². The summed E-state index contributed by atoms with van der Waals surface area (Å²) in [7, 11) is 0. The highest BCUT2D eigenvalue weighted by Crippen LogP contribution is 2.14. The van der Waals surface area contributed by atoms with E-state index >= 15 is 0 Å². The van der Waals surface area contributed by atoms with Crippen molar-refractivity contribution in [3.05, 3.63) is 23.4 Å². The van der Waals surface area contributed by atoms with Gasteiger partial charge >= 0.3 is 5.97 Å². The standard InChI is InChI=1S/C10H13NO3/c1-6(2)9-11-8(5-14-9)4-7(3)10(12)13/h4-6H,1-3H3,(H,12,13)/b7-4+. The lowest BCUT2D eigenvalue weighted by Crippen LogP contribution is -1.95. The van der Waals surface area contributed by atoms with Crippen LogP contribution in [-0.4, -0.2) is 16.1 Å². The van der Waals surface area contributed by atoms with Gasteiger partial charge in [-0.25, -0.2) is 9.78 Å². The largest absolute Gasteiger partial charge is 0.478 e. The highest BCUT2D eigenvalue weighted by molar-refractivity contribution is 5.90. The Hall–Kier alpha value is -1.58. The molecule has 0 aliphatic heterocycles. The Bertz CT molecular complexity index is 363. The van der Waals surface area contributed by atoms with Crippen molar-refractivity contribution in [3.8, 4) is 0 Å². The molecular weight excluding hydrogens is 182 g/mol. The second-order valence-electron chi connectivity index (χ2n) is 3.40. The third kappa shape index (κ3) is 2.45. The van der Waals surface area contributed by atoms with Gasteiger partial charge in [0.1, 0.15) is 12.0 Å². The van der Waals surface area contributed by atoms with Gasteiger partial charge in [0, 0.05) is 11.5 Å². The quantitative estimate of drug-likeness (QED) is 0.751. The summed E-state index contributed by atoms with van der Waals surface area (Å²) in [5.41, 5.74) is 0.794. The number of rotatable bonds is 3. The van der Waals surface area contributed by atoms with Gasteiger partial charge in [0.15, 0.2) is 5.89 Å². The Morgan fingerprint density at radius 2 is 2.29 bits per heavy atom. The monoisotopic (exact) mass is 195 g/mol. The second kappa shape index (κ2) is 4.09. The van der Waals surface area contributed by atoms with E-state index in [0.717, 1.165) is 0 Å². The van der Waals surface area contributed by atoms with E-state index in [1.165, 1.54) is 19.3 Å². The van der Waals surface area contributed by atoms with Crippen LogP contribution < -0.4 is 0 Å². The van der Waals surface area contributed by atoms with Crippen molar-refractivity contribution in [1.82, 2.24) is 4.98 Å². The number of nitrogens with zero attached hydrogens (tertiary/aromatic N) is 1. The van der Waals surface area contributed by atoms with Crippen LogP contribution in [0.2, 0.25) is 0 Å². The van der Waals surface area contributed by atoms with Gasteiger partial charge in [-0.2, -0.15) is 0 Å². The highest BCUT2D eigenvalue weighted by Gasteiger charge is 2.07. The number of hydrogen-bond donors (Lipinski definition) is 1. The number of carboxylic acids is 1. The number of hydrogen-bond acceptors (Lipinski definition) is 3. The first-order chi connectivity index (χ1) is 6.50. The summed E-state index contributed by atoms with van der Waals surface area (Å²) in [6, 6.07) is 0. The fraction of sp³-hybridized carbons (Fsp3) is 0.400. The Kier molecular flexibility index (Phi) is 3.06. The normalized spacial score (nSPS) is 12.1. The van der Waals surface area contributed by atoms with Gasteiger partial charge in [0.25, 0.3) is 0 Å². The van der Waals surface area contributed by atoms with Crippen molar-refractivity contribution in [1.29, 1.82) is 0 Å². The molecule has 0 fully saturated rings. The van der Waals surface area contributed by atoms with Crippen LogP contribution in [-0.2, 0) is 4.79 Å². The minimum atomic E-state index is -0.945. The zero-order valence-electron chi connectivity index (χ0n) is 8.44. The number of aromatic nitrogens is 1. The molecule has 4 nitrogen and oxygen atoms in total. The average Bonchev–Trinajstić information content (AvgIpc) is 2.52. The molecule has 1 aromatic rings. The maximum Gasteiger partial charge on any atom is 0.331 e. The van der Waals surface area contributed by atoms with Gasteiger partial charge < -0.3 is 9.52 Å². The lowest BCUT2D eigenvalue weighted by molar-refractivity contribution is -0.132. The minimum Gasteiger partial charge on any atom is -0.478 e. The molecule has 0 saturated heterocycles. The molecule has 0 unspecified atom stereocenters. The lowest BCUT2D eigenvalue weighted by atomic mass is 10.2. The lowest BCUT2D eigenvalue weighted by Gasteiger charge is -1.94. The molecule has 0 spiro atoms. The molecule has 1 rings (SSSR count). The zero-order chi connectivity index (χ0) is 10.7.